The van der Waals surface area contributed by atoms with Gasteiger partial charge in [0.1, 0.15) is 30.5 Å². The van der Waals surface area contributed by atoms with Gasteiger partial charge < -0.3 is 34.3 Å². The summed E-state index contributed by atoms with van der Waals surface area (Å²) in [5.74, 6) is -0.434. The Morgan fingerprint density at radius 1 is 0.613 bits per heavy atom. The maximum atomic E-state index is 12.9. The molecule has 0 aromatic carbocycles. The molecular weight excluding hydrogens is 813 g/mol. The first kappa shape index (κ1) is 57.0. The van der Waals surface area contributed by atoms with Crippen LogP contribution in [-0.4, -0.2) is 97.5 Å². The third-order valence-electron chi connectivity index (χ3n) is 9.70. The van der Waals surface area contributed by atoms with Crippen LogP contribution < -0.4 is 0 Å². The number of carbonyl (C=O) groups is 1. The fraction of sp³-hybridized carbons (Fsp3) is 0.653. The lowest BCUT2D eigenvalue weighted by atomic mass is 9.99. The van der Waals surface area contributed by atoms with Crippen LogP contribution in [0, 0.1) is 0 Å². The zero-order chi connectivity index (χ0) is 45.4. The number of ether oxygens (including phenoxy) is 4. The van der Waals surface area contributed by atoms with Gasteiger partial charge in [0, 0.05) is 13.0 Å². The first-order chi connectivity index (χ1) is 30.1. The molecule has 62 heavy (non-hydrogen) atoms. The van der Waals surface area contributed by atoms with Crippen molar-refractivity contribution in [3.63, 3.8) is 0 Å². The molecule has 354 valence electrons. The van der Waals surface area contributed by atoms with E-state index in [0.717, 1.165) is 116 Å². The maximum absolute atomic E-state index is 12.9. The van der Waals surface area contributed by atoms with E-state index < -0.39 is 59.8 Å². The Kier molecular flexibility index (Phi) is 36.4. The number of allylic oxidation sites excluding steroid dienone is 16. The predicted molar refractivity (Wildman–Crippen MR) is 248 cm³/mol. The average molecular weight is 893 g/mol. The molecule has 1 saturated heterocycles. The second-order valence-electron chi connectivity index (χ2n) is 15.2. The summed E-state index contributed by atoms with van der Waals surface area (Å²) in [7, 11) is -5.07. The van der Waals surface area contributed by atoms with Crippen molar-refractivity contribution in [2.75, 3.05) is 26.4 Å². The lowest BCUT2D eigenvalue weighted by molar-refractivity contribution is -0.301. The number of hydrogen-bond acceptors (Lipinski definition) is 11. The molecule has 1 aliphatic rings. The van der Waals surface area contributed by atoms with Crippen molar-refractivity contribution in [1.29, 1.82) is 0 Å². The monoisotopic (exact) mass is 893 g/mol. The normalized spacial score (nSPS) is 20.9. The Bertz CT molecular complexity index is 1450. The first-order valence-corrected chi connectivity index (χ1v) is 24.4. The lowest BCUT2D eigenvalue weighted by Gasteiger charge is -2.41. The van der Waals surface area contributed by atoms with Gasteiger partial charge in [-0.3, -0.25) is 9.35 Å². The van der Waals surface area contributed by atoms with E-state index in [2.05, 4.69) is 115 Å². The zero-order valence-electron chi connectivity index (χ0n) is 37.6. The summed E-state index contributed by atoms with van der Waals surface area (Å²) in [5.41, 5.74) is 0. The number of unbranched alkanes of at least 4 members (excludes halogenated alkanes) is 9. The molecule has 1 heterocycles. The van der Waals surface area contributed by atoms with E-state index in [0.29, 0.717) is 13.0 Å². The minimum absolute atomic E-state index is 0.00621. The van der Waals surface area contributed by atoms with E-state index in [1.807, 2.05) is 0 Å². The Labute approximate surface area is 374 Å². The Balaban J connectivity index is 2.47. The number of aliphatic hydroxyl groups is 3. The van der Waals surface area contributed by atoms with Crippen molar-refractivity contribution in [2.45, 2.75) is 179 Å². The van der Waals surface area contributed by atoms with Gasteiger partial charge in [0.15, 0.2) is 6.29 Å². The van der Waals surface area contributed by atoms with Crippen molar-refractivity contribution < 1.29 is 56.2 Å². The topological polar surface area (TPSA) is 178 Å². The molecule has 1 rings (SSSR count). The van der Waals surface area contributed by atoms with E-state index in [-0.39, 0.29) is 19.6 Å². The minimum atomic E-state index is -5.07. The Hall–Kier alpha value is -2.98. The van der Waals surface area contributed by atoms with Crippen LogP contribution in [0.25, 0.3) is 0 Å². The predicted octanol–water partition coefficient (Wildman–Crippen LogP) is 9.85. The van der Waals surface area contributed by atoms with Crippen molar-refractivity contribution >= 4 is 16.4 Å². The van der Waals surface area contributed by atoms with Gasteiger partial charge in [-0.1, -0.05) is 143 Å². The van der Waals surface area contributed by atoms with Gasteiger partial charge in [-0.25, -0.2) is 4.18 Å². The molecule has 0 saturated carbocycles. The number of hydrogen-bond donors (Lipinski definition) is 4. The molecule has 13 heteroatoms. The van der Waals surface area contributed by atoms with Crippen molar-refractivity contribution in [1.82, 2.24) is 0 Å². The molecule has 1 fully saturated rings. The highest BCUT2D eigenvalue weighted by Crippen LogP contribution is 2.26. The number of esters is 1. The van der Waals surface area contributed by atoms with Crippen LogP contribution in [-0.2, 0) is 38.3 Å². The van der Waals surface area contributed by atoms with Crippen LogP contribution in [0.5, 0.6) is 0 Å². The quantitative estimate of drug-likeness (QED) is 0.0200. The fourth-order valence-electron chi connectivity index (χ4n) is 6.30. The van der Waals surface area contributed by atoms with Gasteiger partial charge in [-0.15, -0.1) is 0 Å². The zero-order valence-corrected chi connectivity index (χ0v) is 38.5. The summed E-state index contributed by atoms with van der Waals surface area (Å²) < 4.78 is 59.1. The summed E-state index contributed by atoms with van der Waals surface area (Å²) in [6.07, 6.45) is 44.3. The molecule has 6 unspecified atom stereocenters. The van der Waals surface area contributed by atoms with E-state index in [1.165, 1.54) is 0 Å². The average Bonchev–Trinajstić information content (AvgIpc) is 3.24. The summed E-state index contributed by atoms with van der Waals surface area (Å²) >= 11 is 0. The Morgan fingerprint density at radius 3 is 1.55 bits per heavy atom. The van der Waals surface area contributed by atoms with Gasteiger partial charge in [0.25, 0.3) is 0 Å². The van der Waals surface area contributed by atoms with Gasteiger partial charge in [-0.05, 0) is 89.9 Å². The largest absolute Gasteiger partial charge is 0.457 e. The van der Waals surface area contributed by atoms with Crippen LogP contribution in [0.1, 0.15) is 142 Å². The molecule has 0 radical (unpaired) electrons. The smallest absolute Gasteiger partial charge is 0.397 e. The standard InChI is InChI=1S/C49H80O12S/c1-3-5-7-9-11-13-15-17-19-21-23-25-27-29-31-33-35-37-39-57-41-43(42-58-49-47(53)48(61-62(54,55)56)46(52)44(40-50)60-49)59-45(51)38-36-34-32-30-28-26-24-22-20-18-16-14-12-10-8-6-4-2/h5-8,11-14,17-20,23-26,43-44,46-50,52-53H,3-4,9-10,15-16,21-22,27-42H2,1-2H3,(H,54,55,56)/b7-5-,8-6-,13-11-,14-12-,19-17-,20-18-,25-23-,26-24-. The molecule has 0 amide bonds. The highest BCUT2D eigenvalue weighted by Gasteiger charge is 2.48. The van der Waals surface area contributed by atoms with Crippen LogP contribution in [0.2, 0.25) is 0 Å². The molecule has 0 aliphatic carbocycles. The van der Waals surface area contributed by atoms with Gasteiger partial charge >= 0.3 is 16.4 Å². The van der Waals surface area contributed by atoms with E-state index in [1.54, 1.807) is 0 Å². The summed E-state index contributed by atoms with van der Waals surface area (Å²) in [5, 5.41) is 30.7. The first-order valence-electron chi connectivity index (χ1n) is 23.0. The van der Waals surface area contributed by atoms with Crippen LogP contribution in [0.15, 0.2) is 97.2 Å². The van der Waals surface area contributed by atoms with E-state index >= 15 is 0 Å². The fourth-order valence-corrected chi connectivity index (χ4v) is 6.81. The molecule has 0 aromatic heterocycles. The number of rotatable bonds is 38. The number of carbonyl (C=O) groups excluding carboxylic acids is 1. The van der Waals surface area contributed by atoms with E-state index in [4.69, 9.17) is 23.5 Å². The third kappa shape index (κ3) is 32.7. The molecular formula is C49H80O12S. The molecule has 0 spiro atoms. The second kappa shape index (κ2) is 39.6. The highest BCUT2D eigenvalue weighted by atomic mass is 32.3. The molecule has 6 atom stereocenters. The third-order valence-corrected chi connectivity index (χ3v) is 10.2. The van der Waals surface area contributed by atoms with Gasteiger partial charge in [0.2, 0.25) is 0 Å². The SMILES string of the molecule is CC/C=C\C/C=C\C/C=C\C/C=C\CCCCCCCOCC(COC1OC(CO)C(O)C(OS(=O)(=O)O)C1O)OC(=O)CCCCCC/C=C\C/C=C\C/C=C\C/C=C\CC. The van der Waals surface area contributed by atoms with Crippen molar-refractivity contribution in [2.24, 2.45) is 0 Å². The molecule has 4 N–H and O–H groups in total. The number of aliphatic hydroxyl groups excluding tert-OH is 3. The molecule has 12 nitrogen and oxygen atoms in total. The van der Waals surface area contributed by atoms with Gasteiger partial charge in [0.05, 0.1) is 19.8 Å². The minimum Gasteiger partial charge on any atom is -0.457 e. The summed E-state index contributed by atoms with van der Waals surface area (Å²) in [6, 6.07) is 0. The molecule has 0 aromatic rings. The highest BCUT2D eigenvalue weighted by molar-refractivity contribution is 7.80. The van der Waals surface area contributed by atoms with Crippen molar-refractivity contribution in [3.8, 4) is 0 Å². The van der Waals surface area contributed by atoms with E-state index in [9.17, 15) is 28.5 Å². The van der Waals surface area contributed by atoms with Crippen molar-refractivity contribution in [3.05, 3.63) is 97.2 Å². The van der Waals surface area contributed by atoms with Crippen LogP contribution in [0.3, 0.4) is 0 Å². The molecule has 1 aliphatic heterocycles. The lowest BCUT2D eigenvalue weighted by Crippen LogP contribution is -2.60. The second-order valence-corrected chi connectivity index (χ2v) is 16.3. The van der Waals surface area contributed by atoms with Gasteiger partial charge in [-0.2, -0.15) is 8.42 Å². The summed E-state index contributed by atoms with van der Waals surface area (Å²) in [6.45, 7) is 3.66. The van der Waals surface area contributed by atoms with Crippen LogP contribution in [0.4, 0.5) is 0 Å². The van der Waals surface area contributed by atoms with Crippen LogP contribution >= 0.6 is 0 Å². The summed E-state index contributed by atoms with van der Waals surface area (Å²) in [4.78, 5) is 12.9. The maximum Gasteiger partial charge on any atom is 0.397 e. The molecule has 0 bridgehead atoms. The Morgan fingerprint density at radius 2 is 1.06 bits per heavy atom.